The maximum absolute atomic E-state index is 8.77. The Morgan fingerprint density at radius 3 is 3.00 bits per heavy atom. The summed E-state index contributed by atoms with van der Waals surface area (Å²) in [7, 11) is 0. The molecule has 0 unspecified atom stereocenters. The molecule has 0 bridgehead atoms. The molecule has 0 atom stereocenters. The van der Waals surface area contributed by atoms with Crippen molar-refractivity contribution < 1.29 is 14.3 Å². The molecule has 2 aromatic rings. The molecule has 1 aliphatic heterocycles. The average Bonchev–Trinajstić information content (AvgIpc) is 3.17. The number of aromatic nitrogens is 1. The van der Waals surface area contributed by atoms with Crippen LogP contribution >= 0.6 is 11.3 Å². The van der Waals surface area contributed by atoms with Gasteiger partial charge in [0.05, 0.1) is 31.3 Å². The normalized spacial score (nSPS) is 17.4. The predicted molar refractivity (Wildman–Crippen MR) is 81.2 cm³/mol. The number of hydrogen-bond donors (Lipinski definition) is 1. The first-order valence-electron chi connectivity index (χ1n) is 7.28. The van der Waals surface area contributed by atoms with Crippen LogP contribution in [0.2, 0.25) is 0 Å². The zero-order chi connectivity index (χ0) is 14.5. The van der Waals surface area contributed by atoms with Crippen LogP contribution in [0.15, 0.2) is 28.2 Å². The Morgan fingerprint density at radius 1 is 1.43 bits per heavy atom. The minimum absolute atomic E-state index is 0.106. The van der Waals surface area contributed by atoms with Crippen LogP contribution in [0.4, 0.5) is 0 Å². The summed E-state index contributed by atoms with van der Waals surface area (Å²) >= 11 is 1.62. The monoisotopic (exact) mass is 308 g/mol. The van der Waals surface area contributed by atoms with E-state index in [2.05, 4.69) is 15.3 Å². The summed E-state index contributed by atoms with van der Waals surface area (Å²) in [5, 5.41) is 11.8. The highest BCUT2D eigenvalue weighted by atomic mass is 32.1. The van der Waals surface area contributed by atoms with Crippen LogP contribution in [-0.4, -0.2) is 47.4 Å². The van der Waals surface area contributed by atoms with E-state index >= 15 is 0 Å². The quantitative estimate of drug-likeness (QED) is 0.888. The van der Waals surface area contributed by atoms with Crippen LogP contribution in [0, 0.1) is 0 Å². The topological polar surface area (TPSA) is 58.7 Å². The molecular formula is C15H20N2O3S. The van der Waals surface area contributed by atoms with E-state index in [4.69, 9.17) is 14.3 Å². The van der Waals surface area contributed by atoms with Crippen molar-refractivity contribution in [2.75, 3.05) is 26.3 Å². The van der Waals surface area contributed by atoms with E-state index in [1.807, 2.05) is 12.1 Å². The molecule has 1 saturated heterocycles. The molecule has 1 fully saturated rings. The van der Waals surface area contributed by atoms with Crippen LogP contribution in [-0.2, 0) is 11.3 Å². The molecule has 21 heavy (non-hydrogen) atoms. The number of aliphatic hydroxyl groups excluding tert-OH is 1. The van der Waals surface area contributed by atoms with Crippen LogP contribution in [0.1, 0.15) is 18.5 Å². The highest BCUT2D eigenvalue weighted by Gasteiger charge is 2.20. The molecule has 0 saturated carbocycles. The van der Waals surface area contributed by atoms with Crippen molar-refractivity contribution in [1.82, 2.24) is 9.88 Å². The third-order valence-corrected chi connectivity index (χ3v) is 4.55. The van der Waals surface area contributed by atoms with Gasteiger partial charge in [-0.2, -0.15) is 0 Å². The number of rotatable bonds is 6. The summed E-state index contributed by atoms with van der Waals surface area (Å²) in [6.45, 7) is 3.47. The zero-order valence-corrected chi connectivity index (χ0v) is 12.7. The lowest BCUT2D eigenvalue weighted by Gasteiger charge is -2.31. The average molecular weight is 308 g/mol. The second kappa shape index (κ2) is 7.17. The number of thiazole rings is 1. The molecule has 0 aliphatic carbocycles. The first-order chi connectivity index (χ1) is 10.3. The summed E-state index contributed by atoms with van der Waals surface area (Å²) in [4.78, 5) is 7.04. The van der Waals surface area contributed by atoms with Crippen molar-refractivity contribution in [3.8, 4) is 10.8 Å². The van der Waals surface area contributed by atoms with Gasteiger partial charge >= 0.3 is 0 Å². The van der Waals surface area contributed by atoms with Crippen molar-refractivity contribution in [2.45, 2.75) is 25.5 Å². The van der Waals surface area contributed by atoms with Gasteiger partial charge in [0.2, 0.25) is 0 Å². The lowest BCUT2D eigenvalue weighted by molar-refractivity contribution is -0.00916. The van der Waals surface area contributed by atoms with Gasteiger partial charge in [0.25, 0.3) is 0 Å². The smallest absolute Gasteiger partial charge is 0.162 e. The molecule has 0 spiro atoms. The van der Waals surface area contributed by atoms with Gasteiger partial charge < -0.3 is 14.3 Å². The van der Waals surface area contributed by atoms with Gasteiger partial charge in [0.15, 0.2) is 10.8 Å². The SMILES string of the molecule is OCCOC1CCN(Cc2csc(-c3ccco3)n2)CC1. The van der Waals surface area contributed by atoms with Gasteiger partial charge in [-0.1, -0.05) is 0 Å². The molecule has 0 amide bonds. The lowest BCUT2D eigenvalue weighted by Crippen LogP contribution is -2.37. The molecule has 3 heterocycles. The van der Waals surface area contributed by atoms with E-state index in [1.165, 1.54) is 0 Å². The fourth-order valence-electron chi connectivity index (χ4n) is 2.58. The summed E-state index contributed by atoms with van der Waals surface area (Å²) in [5.74, 6) is 0.836. The summed E-state index contributed by atoms with van der Waals surface area (Å²) in [6.07, 6.45) is 4.01. The molecule has 0 aromatic carbocycles. The molecule has 1 aliphatic rings. The second-order valence-electron chi connectivity index (χ2n) is 5.19. The highest BCUT2D eigenvalue weighted by Crippen LogP contribution is 2.25. The van der Waals surface area contributed by atoms with Gasteiger partial charge in [-0.3, -0.25) is 4.90 Å². The standard InChI is InChI=1S/C15H20N2O3S/c18-7-9-19-13-3-5-17(6-4-13)10-12-11-21-15(16-12)14-2-1-8-20-14/h1-2,8,11,13,18H,3-7,9-10H2. The Hall–Kier alpha value is -1.21. The van der Waals surface area contributed by atoms with Crippen molar-refractivity contribution in [3.63, 3.8) is 0 Å². The number of aliphatic hydroxyl groups is 1. The van der Waals surface area contributed by atoms with Crippen molar-refractivity contribution in [1.29, 1.82) is 0 Å². The van der Waals surface area contributed by atoms with Gasteiger partial charge in [-0.15, -0.1) is 11.3 Å². The molecule has 2 aromatic heterocycles. The van der Waals surface area contributed by atoms with Crippen LogP contribution in [0.3, 0.4) is 0 Å². The predicted octanol–water partition coefficient (Wildman–Crippen LogP) is 2.38. The lowest BCUT2D eigenvalue weighted by atomic mass is 10.1. The van der Waals surface area contributed by atoms with E-state index in [0.29, 0.717) is 12.7 Å². The molecule has 114 valence electrons. The van der Waals surface area contributed by atoms with E-state index in [0.717, 1.165) is 48.9 Å². The largest absolute Gasteiger partial charge is 0.462 e. The number of likely N-dealkylation sites (tertiary alicyclic amines) is 1. The molecule has 5 nitrogen and oxygen atoms in total. The number of ether oxygens (including phenoxy) is 1. The Balaban J connectivity index is 1.49. The maximum Gasteiger partial charge on any atom is 0.162 e. The maximum atomic E-state index is 8.77. The fraction of sp³-hybridized carbons (Fsp3) is 0.533. The van der Waals surface area contributed by atoms with Crippen LogP contribution in [0.25, 0.3) is 10.8 Å². The van der Waals surface area contributed by atoms with Crippen molar-refractivity contribution >= 4 is 11.3 Å². The van der Waals surface area contributed by atoms with Gasteiger partial charge in [-0.25, -0.2) is 4.98 Å². The molecule has 6 heteroatoms. The van der Waals surface area contributed by atoms with E-state index in [-0.39, 0.29) is 6.61 Å². The number of furan rings is 1. The van der Waals surface area contributed by atoms with Gasteiger partial charge in [0, 0.05) is 25.0 Å². The van der Waals surface area contributed by atoms with Gasteiger partial charge in [0.1, 0.15) is 0 Å². The van der Waals surface area contributed by atoms with E-state index in [1.54, 1.807) is 17.6 Å². The number of hydrogen-bond acceptors (Lipinski definition) is 6. The molecule has 0 radical (unpaired) electrons. The van der Waals surface area contributed by atoms with Crippen molar-refractivity contribution in [2.24, 2.45) is 0 Å². The minimum atomic E-state index is 0.106. The van der Waals surface area contributed by atoms with Crippen LogP contribution in [0.5, 0.6) is 0 Å². The van der Waals surface area contributed by atoms with Crippen molar-refractivity contribution in [3.05, 3.63) is 29.5 Å². The van der Waals surface area contributed by atoms with E-state index < -0.39 is 0 Å². The van der Waals surface area contributed by atoms with E-state index in [9.17, 15) is 0 Å². The first-order valence-corrected chi connectivity index (χ1v) is 8.16. The Bertz CT molecular complexity index is 533. The summed E-state index contributed by atoms with van der Waals surface area (Å²) in [6, 6.07) is 3.82. The number of piperidine rings is 1. The molecule has 1 N–H and O–H groups in total. The molecule has 3 rings (SSSR count). The second-order valence-corrected chi connectivity index (χ2v) is 6.05. The summed E-state index contributed by atoms with van der Waals surface area (Å²) < 4.78 is 11.0. The summed E-state index contributed by atoms with van der Waals surface area (Å²) in [5.41, 5.74) is 1.10. The third-order valence-electron chi connectivity index (χ3n) is 3.65. The Morgan fingerprint density at radius 2 is 2.29 bits per heavy atom. The minimum Gasteiger partial charge on any atom is -0.462 e. The molecular weight excluding hydrogens is 288 g/mol. The van der Waals surface area contributed by atoms with Gasteiger partial charge in [-0.05, 0) is 25.0 Å². The van der Waals surface area contributed by atoms with Crippen LogP contribution < -0.4 is 0 Å². The Kier molecular flexibility index (Phi) is 5.03. The first kappa shape index (κ1) is 14.7. The Labute approximate surface area is 128 Å². The number of nitrogens with zero attached hydrogens (tertiary/aromatic N) is 2. The zero-order valence-electron chi connectivity index (χ0n) is 11.9. The third kappa shape index (κ3) is 3.91. The fourth-order valence-corrected chi connectivity index (χ4v) is 3.35. The highest BCUT2D eigenvalue weighted by molar-refractivity contribution is 7.13.